The van der Waals surface area contributed by atoms with Crippen molar-refractivity contribution < 1.29 is 4.92 Å². The van der Waals surface area contributed by atoms with Crippen LogP contribution in [0.2, 0.25) is 0 Å². The van der Waals surface area contributed by atoms with Crippen molar-refractivity contribution in [2.75, 3.05) is 6.54 Å². The fraction of sp³-hybridized carbons (Fsp3) is 0.786. The first kappa shape index (κ1) is 16.6. The predicted octanol–water partition coefficient (Wildman–Crippen LogP) is 2.77. The van der Waals surface area contributed by atoms with E-state index in [9.17, 15) is 10.1 Å². The van der Waals surface area contributed by atoms with Crippen molar-refractivity contribution in [2.45, 2.75) is 58.9 Å². The normalized spacial score (nSPS) is 14.2. The summed E-state index contributed by atoms with van der Waals surface area (Å²) in [5.74, 6) is 0.0970. The maximum absolute atomic E-state index is 11.4. The Morgan fingerprint density at radius 2 is 2.05 bits per heavy atom. The van der Waals surface area contributed by atoms with Crippen LogP contribution in [0.5, 0.6) is 0 Å². The highest BCUT2D eigenvalue weighted by molar-refractivity contribution is 5.44. The summed E-state index contributed by atoms with van der Waals surface area (Å²) >= 11 is 0. The predicted molar refractivity (Wildman–Crippen MR) is 80.0 cm³/mol. The van der Waals surface area contributed by atoms with Gasteiger partial charge in [0, 0.05) is 19.0 Å². The lowest BCUT2D eigenvalue weighted by molar-refractivity contribution is -0.386. The molecule has 6 heteroatoms. The topological polar surface area (TPSA) is 73.0 Å². The zero-order valence-electron chi connectivity index (χ0n) is 13.1. The molecule has 0 radical (unpaired) electrons. The molecule has 0 saturated carbocycles. The highest BCUT2D eigenvalue weighted by Crippen LogP contribution is 2.33. The van der Waals surface area contributed by atoms with Gasteiger partial charge in [0.05, 0.1) is 4.92 Å². The molecule has 0 saturated heterocycles. The molecule has 2 atom stereocenters. The SMILES string of the molecule is CCCNC(C)C(CC)c1c([N+](=O)[O-])c(CC)nn1C. The van der Waals surface area contributed by atoms with Crippen molar-refractivity contribution in [2.24, 2.45) is 7.05 Å². The maximum atomic E-state index is 11.4. The Morgan fingerprint density at radius 3 is 2.50 bits per heavy atom. The van der Waals surface area contributed by atoms with E-state index < -0.39 is 0 Å². The highest BCUT2D eigenvalue weighted by Gasteiger charge is 2.32. The quantitative estimate of drug-likeness (QED) is 0.588. The fourth-order valence-corrected chi connectivity index (χ4v) is 2.73. The molecule has 1 aromatic rings. The summed E-state index contributed by atoms with van der Waals surface area (Å²) in [5, 5.41) is 19.2. The average molecular weight is 282 g/mol. The monoisotopic (exact) mass is 282 g/mol. The van der Waals surface area contributed by atoms with Gasteiger partial charge in [0.2, 0.25) is 0 Å². The first-order chi connectivity index (χ1) is 9.47. The third-order valence-electron chi connectivity index (χ3n) is 3.76. The van der Waals surface area contributed by atoms with E-state index in [1.54, 1.807) is 11.7 Å². The van der Waals surface area contributed by atoms with Gasteiger partial charge >= 0.3 is 5.69 Å². The molecule has 0 aromatic carbocycles. The van der Waals surface area contributed by atoms with E-state index in [-0.39, 0.29) is 22.6 Å². The molecular formula is C14H26N4O2. The van der Waals surface area contributed by atoms with Gasteiger partial charge in [-0.3, -0.25) is 14.8 Å². The number of nitrogens with one attached hydrogen (secondary N) is 1. The Kier molecular flexibility index (Phi) is 6.13. The van der Waals surface area contributed by atoms with Gasteiger partial charge in [0.15, 0.2) is 0 Å². The van der Waals surface area contributed by atoms with Crippen molar-refractivity contribution in [3.8, 4) is 0 Å². The number of hydrogen-bond acceptors (Lipinski definition) is 4. The van der Waals surface area contributed by atoms with Crippen LogP contribution in [-0.4, -0.2) is 27.3 Å². The number of rotatable bonds is 8. The second-order valence-electron chi connectivity index (χ2n) is 5.17. The molecule has 0 aliphatic carbocycles. The Morgan fingerprint density at radius 1 is 1.40 bits per heavy atom. The van der Waals surface area contributed by atoms with Crippen molar-refractivity contribution in [1.29, 1.82) is 0 Å². The van der Waals surface area contributed by atoms with Crippen LogP contribution in [0.25, 0.3) is 0 Å². The largest absolute Gasteiger partial charge is 0.314 e. The molecule has 114 valence electrons. The van der Waals surface area contributed by atoms with Gasteiger partial charge < -0.3 is 5.32 Å². The van der Waals surface area contributed by atoms with E-state index >= 15 is 0 Å². The number of nitro groups is 1. The lowest BCUT2D eigenvalue weighted by atomic mass is 9.92. The third-order valence-corrected chi connectivity index (χ3v) is 3.76. The van der Waals surface area contributed by atoms with Crippen molar-refractivity contribution in [1.82, 2.24) is 15.1 Å². The first-order valence-corrected chi connectivity index (χ1v) is 7.41. The van der Waals surface area contributed by atoms with Gasteiger partial charge in [-0.05, 0) is 32.7 Å². The molecule has 0 bridgehead atoms. The summed E-state index contributed by atoms with van der Waals surface area (Å²) in [6, 6.07) is 0.193. The molecule has 0 aliphatic rings. The second kappa shape index (κ2) is 7.38. The molecule has 0 spiro atoms. The molecule has 20 heavy (non-hydrogen) atoms. The lowest BCUT2D eigenvalue weighted by Gasteiger charge is -2.23. The van der Waals surface area contributed by atoms with Crippen molar-refractivity contribution in [3.63, 3.8) is 0 Å². The average Bonchev–Trinajstić information content (AvgIpc) is 2.74. The highest BCUT2D eigenvalue weighted by atomic mass is 16.6. The van der Waals surface area contributed by atoms with Crippen LogP contribution in [0.1, 0.15) is 57.8 Å². The van der Waals surface area contributed by atoms with Crippen LogP contribution in [0.4, 0.5) is 5.69 Å². The summed E-state index contributed by atoms with van der Waals surface area (Å²) in [7, 11) is 1.80. The minimum atomic E-state index is -0.281. The van der Waals surface area contributed by atoms with Gasteiger partial charge in [-0.1, -0.05) is 20.8 Å². The zero-order chi connectivity index (χ0) is 15.3. The third kappa shape index (κ3) is 3.36. The van der Waals surface area contributed by atoms with E-state index in [0.29, 0.717) is 12.1 Å². The van der Waals surface area contributed by atoms with Crippen LogP contribution < -0.4 is 5.32 Å². The molecule has 2 unspecified atom stereocenters. The van der Waals surface area contributed by atoms with Crippen LogP contribution in [-0.2, 0) is 13.5 Å². The Bertz CT molecular complexity index is 456. The molecular weight excluding hydrogens is 256 g/mol. The molecule has 0 aliphatic heterocycles. The molecule has 1 aromatic heterocycles. The summed E-state index contributed by atoms with van der Waals surface area (Å²) in [6.45, 7) is 9.09. The zero-order valence-corrected chi connectivity index (χ0v) is 13.1. The number of hydrogen-bond donors (Lipinski definition) is 1. The Labute approximate surface area is 120 Å². The number of aryl methyl sites for hydroxylation is 2. The smallest absolute Gasteiger partial charge is 0.313 e. The van der Waals surface area contributed by atoms with E-state index in [1.807, 2.05) is 6.92 Å². The lowest BCUT2D eigenvalue weighted by Crippen LogP contribution is -2.33. The van der Waals surface area contributed by atoms with Gasteiger partial charge in [0.1, 0.15) is 11.4 Å². The second-order valence-corrected chi connectivity index (χ2v) is 5.17. The summed E-state index contributed by atoms with van der Waals surface area (Å²) in [6.07, 6.45) is 2.48. The van der Waals surface area contributed by atoms with Gasteiger partial charge in [-0.2, -0.15) is 5.10 Å². The van der Waals surface area contributed by atoms with E-state index in [2.05, 4.69) is 31.2 Å². The Hall–Kier alpha value is -1.43. The summed E-state index contributed by atoms with van der Waals surface area (Å²) < 4.78 is 1.69. The molecule has 0 amide bonds. The number of nitrogens with zero attached hydrogens (tertiary/aromatic N) is 3. The van der Waals surface area contributed by atoms with Crippen LogP contribution in [0.3, 0.4) is 0 Å². The number of aromatic nitrogens is 2. The minimum absolute atomic E-state index is 0.0970. The summed E-state index contributed by atoms with van der Waals surface area (Å²) in [4.78, 5) is 11.1. The molecule has 1 N–H and O–H groups in total. The van der Waals surface area contributed by atoms with Crippen molar-refractivity contribution >= 4 is 5.69 Å². The standard InChI is InChI=1S/C14H26N4O2/c1-6-9-15-10(4)11(7-2)13-14(18(19)20)12(8-3)16-17(13)5/h10-11,15H,6-9H2,1-5H3. The van der Waals surface area contributed by atoms with Crippen LogP contribution in [0, 0.1) is 10.1 Å². The van der Waals surface area contributed by atoms with E-state index in [0.717, 1.165) is 25.1 Å². The molecule has 1 rings (SSSR count). The van der Waals surface area contributed by atoms with Crippen LogP contribution in [0.15, 0.2) is 0 Å². The van der Waals surface area contributed by atoms with E-state index in [1.165, 1.54) is 0 Å². The van der Waals surface area contributed by atoms with E-state index in [4.69, 9.17) is 0 Å². The minimum Gasteiger partial charge on any atom is -0.314 e. The fourth-order valence-electron chi connectivity index (χ4n) is 2.73. The van der Waals surface area contributed by atoms with Gasteiger partial charge in [0.25, 0.3) is 0 Å². The Balaban J connectivity index is 3.20. The van der Waals surface area contributed by atoms with Crippen LogP contribution >= 0.6 is 0 Å². The molecule has 0 fully saturated rings. The van der Waals surface area contributed by atoms with Gasteiger partial charge in [-0.25, -0.2) is 0 Å². The maximum Gasteiger partial charge on any atom is 0.313 e. The first-order valence-electron chi connectivity index (χ1n) is 7.41. The van der Waals surface area contributed by atoms with Crippen molar-refractivity contribution in [3.05, 3.63) is 21.5 Å². The molecule has 1 heterocycles. The van der Waals surface area contributed by atoms with Gasteiger partial charge in [-0.15, -0.1) is 0 Å². The summed E-state index contributed by atoms with van der Waals surface area (Å²) in [5.41, 5.74) is 1.52. The molecule has 6 nitrogen and oxygen atoms in total.